The molecule has 0 fully saturated rings. The molecule has 1 aromatic rings. The second-order valence-corrected chi connectivity index (χ2v) is 3.49. The largest absolute Gasteiger partial charge is 0.466 e. The quantitative estimate of drug-likeness (QED) is 0.636. The first kappa shape index (κ1) is 22.4. The molecule has 18 heavy (non-hydrogen) atoms. The van der Waals surface area contributed by atoms with Crippen molar-refractivity contribution in [1.82, 2.24) is 0 Å². The molecule has 1 N–H and O–H groups in total. The summed E-state index contributed by atoms with van der Waals surface area (Å²) in [7, 11) is 1.00. The molecule has 0 saturated heterocycles. The van der Waals surface area contributed by atoms with Crippen LogP contribution in [0, 0.1) is 6.92 Å². The zero-order valence-corrected chi connectivity index (χ0v) is 12.8. The number of alkyl halides is 2. The third-order valence-corrected chi connectivity index (χ3v) is 1.29. The standard InChI is InChI=1S/C7H8.C4H8O2.CH2Cl2.CH4O/c1-7-5-3-2-4-6-7;1-3-6-4(2)5;2-1-3;1-2/h2-6H,1H3;3H2,1-2H3;1H2;2H,1H3. The molecule has 0 spiro atoms. The molecule has 0 saturated carbocycles. The van der Waals surface area contributed by atoms with Gasteiger partial charge in [0.1, 0.15) is 0 Å². The summed E-state index contributed by atoms with van der Waals surface area (Å²) in [5.74, 6) is -0.211. The molecule has 0 unspecified atom stereocenters. The normalized spacial score (nSPS) is 7.28. The van der Waals surface area contributed by atoms with E-state index in [0.717, 1.165) is 7.11 Å². The number of carbonyl (C=O) groups is 1. The lowest BCUT2D eigenvalue weighted by atomic mass is 10.2. The maximum atomic E-state index is 9.82. The lowest BCUT2D eigenvalue weighted by Gasteiger charge is -1.89. The highest BCUT2D eigenvalue weighted by Crippen LogP contribution is 1.92. The van der Waals surface area contributed by atoms with Crippen LogP contribution in [-0.4, -0.2) is 30.1 Å². The summed E-state index contributed by atoms with van der Waals surface area (Å²) in [6.45, 7) is 5.74. The minimum Gasteiger partial charge on any atom is -0.466 e. The van der Waals surface area contributed by atoms with Gasteiger partial charge in [-0.05, 0) is 13.8 Å². The number of aryl methyl sites for hydroxylation is 1. The number of aliphatic hydroxyl groups excluding tert-OH is 1. The van der Waals surface area contributed by atoms with Crippen LogP contribution in [0.25, 0.3) is 0 Å². The predicted octanol–water partition coefficient (Wildman–Crippen LogP) is 3.59. The zero-order valence-electron chi connectivity index (χ0n) is 11.3. The van der Waals surface area contributed by atoms with Crippen LogP contribution in [0.15, 0.2) is 30.3 Å². The van der Waals surface area contributed by atoms with E-state index < -0.39 is 0 Å². The van der Waals surface area contributed by atoms with Gasteiger partial charge in [0.2, 0.25) is 0 Å². The van der Waals surface area contributed by atoms with Crippen molar-refractivity contribution in [3.05, 3.63) is 35.9 Å². The zero-order chi connectivity index (χ0) is 14.8. The molecule has 0 aromatic heterocycles. The maximum absolute atomic E-state index is 9.82. The fourth-order valence-corrected chi connectivity index (χ4v) is 0.738. The number of esters is 1. The average Bonchev–Trinajstić information content (AvgIpc) is 2.34. The van der Waals surface area contributed by atoms with Crippen LogP contribution in [-0.2, 0) is 9.53 Å². The van der Waals surface area contributed by atoms with Gasteiger partial charge in [0.15, 0.2) is 0 Å². The number of hydrogen-bond donors (Lipinski definition) is 1. The van der Waals surface area contributed by atoms with E-state index in [9.17, 15) is 4.79 Å². The lowest BCUT2D eigenvalue weighted by molar-refractivity contribution is -0.140. The van der Waals surface area contributed by atoms with Crippen LogP contribution in [0.3, 0.4) is 0 Å². The molecule has 0 aliphatic heterocycles. The van der Waals surface area contributed by atoms with Gasteiger partial charge in [-0.2, -0.15) is 0 Å². The van der Waals surface area contributed by atoms with Crippen LogP contribution < -0.4 is 0 Å². The molecule has 0 aliphatic carbocycles. The summed E-state index contributed by atoms with van der Waals surface area (Å²) < 4.78 is 4.40. The smallest absolute Gasteiger partial charge is 0.302 e. The van der Waals surface area contributed by atoms with Crippen molar-refractivity contribution in [2.24, 2.45) is 0 Å². The Balaban J connectivity index is -0.000000187. The highest BCUT2D eigenvalue weighted by atomic mass is 35.5. The Kier molecular flexibility index (Phi) is 26.8. The van der Waals surface area contributed by atoms with Crippen molar-refractivity contribution in [3.8, 4) is 0 Å². The fraction of sp³-hybridized carbons (Fsp3) is 0.462. The highest BCUT2D eigenvalue weighted by molar-refractivity contribution is 6.40. The summed E-state index contributed by atoms with van der Waals surface area (Å²) in [6, 6.07) is 10.3. The van der Waals surface area contributed by atoms with Crippen LogP contribution >= 0.6 is 23.2 Å². The Hall–Kier alpha value is -0.770. The predicted molar refractivity (Wildman–Crippen MR) is 78.2 cm³/mol. The van der Waals surface area contributed by atoms with Gasteiger partial charge in [-0.15, -0.1) is 23.2 Å². The number of rotatable bonds is 1. The van der Waals surface area contributed by atoms with Crippen molar-refractivity contribution >= 4 is 29.2 Å². The number of halogens is 2. The SMILES string of the molecule is CCOC(C)=O.CO.Cc1ccccc1.ClCCl. The van der Waals surface area contributed by atoms with E-state index in [1.165, 1.54) is 12.5 Å². The third kappa shape index (κ3) is 29.5. The molecule has 1 rings (SSSR count). The third-order valence-electron chi connectivity index (χ3n) is 1.29. The molecule has 0 radical (unpaired) electrons. The van der Waals surface area contributed by atoms with E-state index in [1.54, 1.807) is 6.92 Å². The van der Waals surface area contributed by atoms with Gasteiger partial charge in [0, 0.05) is 14.0 Å². The lowest BCUT2D eigenvalue weighted by Crippen LogP contribution is -1.95. The molecular weight excluding hydrogens is 275 g/mol. The van der Waals surface area contributed by atoms with Gasteiger partial charge in [-0.1, -0.05) is 35.9 Å². The molecule has 106 valence electrons. The first-order valence-electron chi connectivity index (χ1n) is 5.30. The summed E-state index contributed by atoms with van der Waals surface area (Å²) in [5, 5.41) is 7.19. The van der Waals surface area contributed by atoms with Crippen molar-refractivity contribution in [3.63, 3.8) is 0 Å². The maximum Gasteiger partial charge on any atom is 0.302 e. The Morgan fingerprint density at radius 3 is 1.72 bits per heavy atom. The minimum atomic E-state index is -0.211. The highest BCUT2D eigenvalue weighted by Gasteiger charge is 1.81. The second kappa shape index (κ2) is 21.5. The van der Waals surface area contributed by atoms with Crippen molar-refractivity contribution < 1.29 is 14.6 Å². The van der Waals surface area contributed by atoms with E-state index in [2.05, 4.69) is 23.8 Å². The number of ether oxygens (including phenoxy) is 1. The molecule has 0 heterocycles. The number of carbonyl (C=O) groups excluding carboxylic acids is 1. The second-order valence-electron chi connectivity index (χ2n) is 2.68. The monoisotopic (exact) mass is 296 g/mol. The molecule has 0 amide bonds. The first-order valence-corrected chi connectivity index (χ1v) is 6.37. The van der Waals surface area contributed by atoms with E-state index in [0.29, 0.717) is 6.61 Å². The van der Waals surface area contributed by atoms with Crippen LogP contribution in [0.2, 0.25) is 0 Å². The Morgan fingerprint density at radius 2 is 1.61 bits per heavy atom. The number of hydrogen-bond acceptors (Lipinski definition) is 3. The van der Waals surface area contributed by atoms with Gasteiger partial charge in [-0.3, -0.25) is 4.79 Å². The van der Waals surface area contributed by atoms with Gasteiger partial charge in [0.05, 0.1) is 11.9 Å². The molecule has 0 bridgehead atoms. The molecule has 0 aliphatic rings. The van der Waals surface area contributed by atoms with Crippen LogP contribution in [0.4, 0.5) is 0 Å². The summed E-state index contributed by atoms with van der Waals surface area (Å²) in [6.07, 6.45) is 0. The fourth-order valence-electron chi connectivity index (χ4n) is 0.738. The topological polar surface area (TPSA) is 46.5 Å². The van der Waals surface area contributed by atoms with Crippen LogP contribution in [0.5, 0.6) is 0 Å². The van der Waals surface area contributed by atoms with E-state index >= 15 is 0 Å². The van der Waals surface area contributed by atoms with Gasteiger partial charge in [0.25, 0.3) is 0 Å². The van der Waals surface area contributed by atoms with Gasteiger partial charge in [-0.25, -0.2) is 0 Å². The van der Waals surface area contributed by atoms with E-state index in [1.807, 2.05) is 18.2 Å². The Labute approximate surface area is 120 Å². The van der Waals surface area contributed by atoms with Gasteiger partial charge < -0.3 is 9.84 Å². The molecule has 3 nitrogen and oxygen atoms in total. The van der Waals surface area contributed by atoms with Crippen molar-refractivity contribution in [2.75, 3.05) is 19.1 Å². The summed E-state index contributed by atoms with van der Waals surface area (Å²) in [5.41, 5.74) is 1.32. The van der Waals surface area contributed by atoms with E-state index in [-0.39, 0.29) is 11.3 Å². The summed E-state index contributed by atoms with van der Waals surface area (Å²) in [4.78, 5) is 9.82. The van der Waals surface area contributed by atoms with Crippen molar-refractivity contribution in [2.45, 2.75) is 20.8 Å². The first-order chi connectivity index (χ1) is 8.58. The van der Waals surface area contributed by atoms with E-state index in [4.69, 9.17) is 28.3 Å². The number of aliphatic hydroxyl groups is 1. The molecule has 0 atom stereocenters. The minimum absolute atomic E-state index is 0.194. The molecular formula is C13H22Cl2O3. The summed E-state index contributed by atoms with van der Waals surface area (Å²) >= 11 is 9.53. The van der Waals surface area contributed by atoms with Gasteiger partial charge >= 0.3 is 5.97 Å². The molecule has 5 heteroatoms. The molecule has 1 aromatic carbocycles. The Morgan fingerprint density at radius 1 is 1.22 bits per heavy atom. The Bertz CT molecular complexity index is 254. The average molecular weight is 297 g/mol. The number of benzene rings is 1. The van der Waals surface area contributed by atoms with Crippen LogP contribution in [0.1, 0.15) is 19.4 Å². The van der Waals surface area contributed by atoms with Crippen molar-refractivity contribution in [1.29, 1.82) is 0 Å².